The molecule has 0 bridgehead atoms. The highest BCUT2D eigenvalue weighted by atomic mass is 32.1. The average Bonchev–Trinajstić information content (AvgIpc) is 2.97. The number of hydrogen-bond acceptors (Lipinski definition) is 2. The lowest BCUT2D eigenvalue weighted by Gasteiger charge is -2.03. The summed E-state index contributed by atoms with van der Waals surface area (Å²) in [6, 6.07) is 0. The first-order chi connectivity index (χ1) is 20.2. The second kappa shape index (κ2) is 35.4. The maximum atomic E-state index is 11.9. The minimum Gasteiger partial charge on any atom is -0.272 e. The monoisotopic (exact) mass is 595 g/mol. The standard InChI is InChI=1S/C36H70N2O2S/c1-3-5-7-9-11-13-15-17-19-21-23-25-27-29-31-33-35(39)37-41-38-36(40)34-32-30-28-26-24-22-20-18-16-14-12-10-8-6-4-2/h3-34H2,1-2H3. The Balaban J connectivity index is 3.41. The predicted molar refractivity (Wildman–Crippen MR) is 181 cm³/mol. The lowest BCUT2D eigenvalue weighted by atomic mass is 10.0. The molecule has 0 rings (SSSR count). The van der Waals surface area contributed by atoms with Gasteiger partial charge in [0.05, 0.1) is 11.4 Å². The zero-order valence-corrected chi connectivity index (χ0v) is 28.6. The van der Waals surface area contributed by atoms with Gasteiger partial charge >= 0.3 is 0 Å². The molecule has 0 saturated carbocycles. The molecular weight excluding hydrogens is 524 g/mol. The Bertz CT molecular complexity index is 581. The van der Waals surface area contributed by atoms with Gasteiger partial charge in [-0.25, -0.2) is 0 Å². The molecule has 5 heteroatoms. The minimum atomic E-state index is -0.131. The summed E-state index contributed by atoms with van der Waals surface area (Å²) < 4.78 is 7.76. The van der Waals surface area contributed by atoms with Gasteiger partial charge in [0, 0.05) is 12.8 Å². The molecule has 0 unspecified atom stereocenters. The second-order valence-electron chi connectivity index (χ2n) is 12.5. The number of nitrogens with zero attached hydrogens (tertiary/aromatic N) is 2. The molecule has 41 heavy (non-hydrogen) atoms. The fraction of sp³-hybridized carbons (Fsp3) is 0.944. The van der Waals surface area contributed by atoms with Crippen LogP contribution in [0.4, 0.5) is 0 Å². The van der Waals surface area contributed by atoms with Crippen molar-refractivity contribution in [3.8, 4) is 0 Å². The van der Waals surface area contributed by atoms with E-state index in [0.717, 1.165) is 37.0 Å². The summed E-state index contributed by atoms with van der Waals surface area (Å²) in [6.45, 7) is 4.55. The minimum absolute atomic E-state index is 0.131. The van der Waals surface area contributed by atoms with E-state index in [0.29, 0.717) is 12.8 Å². The number of unbranched alkanes of at least 4 members (excludes halogenated alkanes) is 28. The third-order valence-corrected chi connectivity index (χ3v) is 8.84. The normalized spacial score (nSPS) is 11.1. The van der Waals surface area contributed by atoms with Crippen LogP contribution in [0.1, 0.15) is 219 Å². The van der Waals surface area contributed by atoms with Gasteiger partial charge in [0.2, 0.25) is 0 Å². The van der Waals surface area contributed by atoms with Gasteiger partial charge in [-0.3, -0.25) is 9.59 Å². The van der Waals surface area contributed by atoms with Crippen molar-refractivity contribution in [1.82, 2.24) is 0 Å². The number of carbonyl (C=O) groups is 2. The van der Waals surface area contributed by atoms with E-state index in [1.54, 1.807) is 0 Å². The second-order valence-corrected chi connectivity index (χ2v) is 13.0. The molecule has 0 aliphatic heterocycles. The Morgan fingerprint density at radius 3 is 0.756 bits per heavy atom. The zero-order valence-electron chi connectivity index (χ0n) is 27.7. The van der Waals surface area contributed by atoms with Crippen molar-refractivity contribution in [3.05, 3.63) is 0 Å². The first-order valence-corrected chi connectivity index (χ1v) is 19.1. The number of amides is 2. The largest absolute Gasteiger partial charge is 0.272 e. The van der Waals surface area contributed by atoms with Crippen molar-refractivity contribution in [1.29, 1.82) is 0 Å². The summed E-state index contributed by atoms with van der Waals surface area (Å²) in [5.41, 5.74) is 0. The van der Waals surface area contributed by atoms with E-state index < -0.39 is 0 Å². The summed E-state index contributed by atoms with van der Waals surface area (Å²) in [6.07, 6.45) is 40.5. The lowest BCUT2D eigenvalue weighted by molar-refractivity contribution is -0.118. The Morgan fingerprint density at radius 1 is 0.341 bits per heavy atom. The topological polar surface area (TPSA) is 58.9 Å². The van der Waals surface area contributed by atoms with Gasteiger partial charge in [0.1, 0.15) is 0 Å². The molecule has 0 aromatic heterocycles. The highest BCUT2D eigenvalue weighted by molar-refractivity contribution is 7.58. The van der Waals surface area contributed by atoms with Crippen LogP contribution in [0.5, 0.6) is 0 Å². The number of rotatable bonds is 32. The van der Waals surface area contributed by atoms with E-state index in [-0.39, 0.29) is 11.8 Å². The van der Waals surface area contributed by atoms with E-state index in [1.807, 2.05) is 0 Å². The quantitative estimate of drug-likeness (QED) is 0.0727. The van der Waals surface area contributed by atoms with Crippen LogP contribution in [-0.2, 0) is 20.9 Å². The molecule has 0 aliphatic carbocycles. The Labute approximate surface area is 260 Å². The molecule has 0 N–H and O–H groups in total. The highest BCUT2D eigenvalue weighted by Gasteiger charge is 2.01. The molecule has 0 heterocycles. The third kappa shape index (κ3) is 35.3. The van der Waals surface area contributed by atoms with Crippen LogP contribution in [0.25, 0.3) is 0 Å². The van der Waals surface area contributed by atoms with Crippen LogP contribution in [0.15, 0.2) is 8.73 Å². The van der Waals surface area contributed by atoms with E-state index in [4.69, 9.17) is 0 Å². The van der Waals surface area contributed by atoms with Gasteiger partial charge in [0.15, 0.2) is 0 Å². The Hall–Kier alpha value is -0.840. The predicted octanol–water partition coefficient (Wildman–Crippen LogP) is 13.0. The zero-order chi connectivity index (χ0) is 29.9. The molecular formula is C36H70N2O2S. The SMILES string of the molecule is CCCCCCCCCCCCCCCCCC(=O)N=S=NC(=O)CCCCCCCCCCCCCCCCC. The van der Waals surface area contributed by atoms with Crippen LogP contribution in [-0.4, -0.2) is 11.8 Å². The molecule has 0 saturated heterocycles. The van der Waals surface area contributed by atoms with E-state index in [2.05, 4.69) is 22.6 Å². The van der Waals surface area contributed by atoms with Gasteiger partial charge in [-0.15, -0.1) is 8.73 Å². The van der Waals surface area contributed by atoms with E-state index in [9.17, 15) is 9.59 Å². The number of hydrogen-bond donors (Lipinski definition) is 0. The molecule has 4 nitrogen and oxygen atoms in total. The Morgan fingerprint density at radius 2 is 0.537 bits per heavy atom. The molecule has 0 fully saturated rings. The summed E-state index contributed by atoms with van der Waals surface area (Å²) in [5, 5.41) is 0. The highest BCUT2D eigenvalue weighted by Crippen LogP contribution is 2.15. The van der Waals surface area contributed by atoms with Gasteiger partial charge < -0.3 is 0 Å². The third-order valence-electron chi connectivity index (χ3n) is 8.27. The fourth-order valence-corrected chi connectivity index (χ4v) is 5.90. The molecule has 0 radical (unpaired) electrons. The average molecular weight is 595 g/mol. The van der Waals surface area contributed by atoms with Gasteiger partial charge in [0.25, 0.3) is 11.8 Å². The van der Waals surface area contributed by atoms with Gasteiger partial charge in [-0.1, -0.05) is 194 Å². The maximum Gasteiger partial charge on any atom is 0.257 e. The molecule has 0 atom stereocenters. The molecule has 2 amide bonds. The van der Waals surface area contributed by atoms with Crippen LogP contribution >= 0.6 is 0 Å². The van der Waals surface area contributed by atoms with Gasteiger partial charge in [-0.05, 0) is 12.8 Å². The summed E-state index contributed by atoms with van der Waals surface area (Å²) in [4.78, 5) is 23.8. The first kappa shape index (κ1) is 40.2. The maximum absolute atomic E-state index is 11.9. The molecule has 0 aromatic carbocycles. The van der Waals surface area contributed by atoms with Crippen molar-refractivity contribution in [3.63, 3.8) is 0 Å². The van der Waals surface area contributed by atoms with Gasteiger partial charge in [-0.2, -0.15) is 0 Å². The summed E-state index contributed by atoms with van der Waals surface area (Å²) in [7, 11) is 0. The van der Waals surface area contributed by atoms with Crippen molar-refractivity contribution in [2.75, 3.05) is 0 Å². The first-order valence-electron chi connectivity index (χ1n) is 18.3. The van der Waals surface area contributed by atoms with E-state index >= 15 is 0 Å². The van der Waals surface area contributed by atoms with Crippen LogP contribution in [0.2, 0.25) is 0 Å². The number of carbonyl (C=O) groups excluding carboxylic acids is 2. The summed E-state index contributed by atoms with van der Waals surface area (Å²) >= 11 is 0.795. The molecule has 0 aliphatic rings. The van der Waals surface area contributed by atoms with Crippen LogP contribution < -0.4 is 0 Å². The lowest BCUT2D eigenvalue weighted by Crippen LogP contribution is -1.94. The van der Waals surface area contributed by atoms with Crippen molar-refractivity contribution in [2.45, 2.75) is 219 Å². The molecule has 0 aromatic rings. The Kier molecular flexibility index (Phi) is 34.6. The van der Waals surface area contributed by atoms with Crippen LogP contribution in [0, 0.1) is 0 Å². The smallest absolute Gasteiger partial charge is 0.257 e. The van der Waals surface area contributed by atoms with E-state index in [1.165, 1.54) is 167 Å². The summed E-state index contributed by atoms with van der Waals surface area (Å²) in [5.74, 6) is -0.263. The molecule has 0 spiro atoms. The van der Waals surface area contributed by atoms with Crippen molar-refractivity contribution < 1.29 is 9.59 Å². The van der Waals surface area contributed by atoms with Crippen molar-refractivity contribution >= 4 is 23.2 Å². The fourth-order valence-electron chi connectivity index (χ4n) is 5.50. The van der Waals surface area contributed by atoms with Crippen molar-refractivity contribution in [2.24, 2.45) is 8.73 Å². The molecule has 242 valence electrons. The van der Waals surface area contributed by atoms with Crippen LogP contribution in [0.3, 0.4) is 0 Å².